The summed E-state index contributed by atoms with van der Waals surface area (Å²) in [4.78, 5) is 14.7. The van der Waals surface area contributed by atoms with Crippen LogP contribution in [-0.2, 0) is 0 Å². The summed E-state index contributed by atoms with van der Waals surface area (Å²) < 4.78 is 1.60. The van der Waals surface area contributed by atoms with Crippen LogP contribution in [0.1, 0.15) is 6.04 Å². The van der Waals surface area contributed by atoms with Crippen molar-refractivity contribution in [2.75, 3.05) is 12.3 Å². The van der Waals surface area contributed by atoms with Crippen molar-refractivity contribution in [1.29, 1.82) is 0 Å². The normalized spacial score (nSPS) is 24.9. The smallest absolute Gasteiger partial charge is 0.166 e. The highest BCUT2D eigenvalue weighted by molar-refractivity contribution is 5.81. The second-order valence-corrected chi connectivity index (χ2v) is 4.64. The van der Waals surface area contributed by atoms with Crippen LogP contribution in [0.15, 0.2) is 29.4 Å². The molecule has 0 bridgehead atoms. The fourth-order valence-electron chi connectivity index (χ4n) is 2.42. The number of nitrogens with two attached hydrogens (primary N) is 1. The summed E-state index contributed by atoms with van der Waals surface area (Å²) in [5.41, 5.74) is 15.4. The molecule has 3 rings (SSSR count). The summed E-state index contributed by atoms with van der Waals surface area (Å²) in [6, 6.07) is -0.566. The lowest BCUT2D eigenvalue weighted by Gasteiger charge is -2.18. The molecule has 0 saturated heterocycles. The van der Waals surface area contributed by atoms with Gasteiger partial charge in [0.05, 0.1) is 12.4 Å². The molecule has 0 aliphatic heterocycles. The first-order valence-corrected chi connectivity index (χ1v) is 6.14. The molecule has 0 radical (unpaired) electrons. The van der Waals surface area contributed by atoms with Crippen molar-refractivity contribution >= 4 is 17.0 Å². The highest BCUT2D eigenvalue weighted by Crippen LogP contribution is 2.32. The van der Waals surface area contributed by atoms with Crippen molar-refractivity contribution in [1.82, 2.24) is 19.5 Å². The molecule has 2 heterocycles. The van der Waals surface area contributed by atoms with Gasteiger partial charge < -0.3 is 20.5 Å². The van der Waals surface area contributed by atoms with Gasteiger partial charge in [-0.2, -0.15) is 0 Å². The van der Waals surface area contributed by atoms with E-state index in [4.69, 9.17) is 11.3 Å². The number of azide groups is 1. The fourth-order valence-corrected chi connectivity index (χ4v) is 2.42. The Morgan fingerprint density at radius 1 is 1.38 bits per heavy atom. The standard InChI is InChI=1S/C11H12N8O2/c12-10-7-11(15-3-14-10)19(4-16-7)6-1-5(2-17-18-13)8(20)9(6)21/h1,3-4,6,8-9,20-21H,2H2,(H2,12,14,15)/t6-,8-,9+/m1/s1. The third-order valence-corrected chi connectivity index (χ3v) is 3.46. The van der Waals surface area contributed by atoms with Crippen LogP contribution in [0.5, 0.6) is 0 Å². The quantitative estimate of drug-likeness (QED) is 0.310. The highest BCUT2D eigenvalue weighted by Gasteiger charge is 2.36. The molecule has 10 nitrogen and oxygen atoms in total. The lowest BCUT2D eigenvalue weighted by atomic mass is 10.1. The molecule has 0 fully saturated rings. The van der Waals surface area contributed by atoms with Gasteiger partial charge in [0.1, 0.15) is 24.1 Å². The summed E-state index contributed by atoms with van der Waals surface area (Å²) in [7, 11) is 0. The minimum Gasteiger partial charge on any atom is -0.388 e. The second-order valence-electron chi connectivity index (χ2n) is 4.64. The van der Waals surface area contributed by atoms with E-state index >= 15 is 0 Å². The molecular weight excluding hydrogens is 276 g/mol. The van der Waals surface area contributed by atoms with E-state index in [1.165, 1.54) is 12.7 Å². The molecule has 0 saturated carbocycles. The van der Waals surface area contributed by atoms with Crippen molar-refractivity contribution in [3.05, 3.63) is 34.7 Å². The van der Waals surface area contributed by atoms with E-state index in [2.05, 4.69) is 25.0 Å². The molecule has 21 heavy (non-hydrogen) atoms. The van der Waals surface area contributed by atoms with Gasteiger partial charge in [-0.3, -0.25) is 0 Å². The number of nitrogen functional groups attached to an aromatic ring is 1. The van der Waals surface area contributed by atoms with E-state index < -0.39 is 18.2 Å². The summed E-state index contributed by atoms with van der Waals surface area (Å²) in [6.07, 6.45) is 2.24. The number of aliphatic hydroxyl groups is 2. The Hall–Kier alpha value is -2.68. The van der Waals surface area contributed by atoms with Crippen molar-refractivity contribution in [2.24, 2.45) is 5.11 Å². The first kappa shape index (κ1) is 13.3. The van der Waals surface area contributed by atoms with Crippen molar-refractivity contribution in [3.8, 4) is 0 Å². The average Bonchev–Trinajstić information content (AvgIpc) is 3.02. The summed E-state index contributed by atoms with van der Waals surface area (Å²) in [6.45, 7) is -0.00498. The predicted molar refractivity (Wildman–Crippen MR) is 72.9 cm³/mol. The minimum atomic E-state index is -1.10. The molecule has 0 amide bonds. The van der Waals surface area contributed by atoms with E-state index in [0.717, 1.165) is 0 Å². The fraction of sp³-hybridized carbons (Fsp3) is 0.364. The molecule has 0 aromatic carbocycles. The van der Waals surface area contributed by atoms with E-state index in [1.807, 2.05) is 0 Å². The van der Waals surface area contributed by atoms with Gasteiger partial charge in [0.25, 0.3) is 0 Å². The van der Waals surface area contributed by atoms with Crippen LogP contribution in [0, 0.1) is 0 Å². The van der Waals surface area contributed by atoms with Crippen LogP contribution < -0.4 is 5.73 Å². The zero-order valence-electron chi connectivity index (χ0n) is 10.8. The topological polar surface area (TPSA) is 159 Å². The van der Waals surface area contributed by atoms with Gasteiger partial charge in [-0.15, -0.1) is 0 Å². The maximum Gasteiger partial charge on any atom is 0.166 e. The van der Waals surface area contributed by atoms with Crippen molar-refractivity contribution in [2.45, 2.75) is 18.2 Å². The maximum absolute atomic E-state index is 10.2. The molecule has 2 aromatic rings. The molecule has 0 unspecified atom stereocenters. The Morgan fingerprint density at radius 2 is 2.19 bits per heavy atom. The number of hydrogen-bond donors (Lipinski definition) is 3. The number of anilines is 1. The van der Waals surface area contributed by atoms with Crippen molar-refractivity contribution in [3.63, 3.8) is 0 Å². The van der Waals surface area contributed by atoms with Crippen LogP contribution in [0.4, 0.5) is 5.82 Å². The average molecular weight is 288 g/mol. The minimum absolute atomic E-state index is 0.00498. The molecular formula is C11H12N8O2. The lowest BCUT2D eigenvalue weighted by molar-refractivity contribution is 0.0324. The molecule has 1 aliphatic rings. The summed E-state index contributed by atoms with van der Waals surface area (Å²) >= 11 is 0. The van der Waals surface area contributed by atoms with E-state index in [0.29, 0.717) is 16.7 Å². The van der Waals surface area contributed by atoms with Gasteiger partial charge in [-0.05, 0) is 11.1 Å². The maximum atomic E-state index is 10.2. The number of fused-ring (bicyclic) bond motifs is 1. The zero-order chi connectivity index (χ0) is 15.0. The number of aliphatic hydroxyl groups excluding tert-OH is 2. The molecule has 1 aliphatic carbocycles. The van der Waals surface area contributed by atoms with E-state index in [-0.39, 0.29) is 12.4 Å². The SMILES string of the molecule is [N-]=[N+]=NCC1=C[C@@H](n2cnc3c(N)ncnc32)[C@H](O)[C@@H]1O. The van der Waals surface area contributed by atoms with Gasteiger partial charge in [0, 0.05) is 11.5 Å². The van der Waals surface area contributed by atoms with Gasteiger partial charge >= 0.3 is 0 Å². The van der Waals surface area contributed by atoms with Gasteiger partial charge in [-0.25, -0.2) is 15.0 Å². The van der Waals surface area contributed by atoms with Crippen molar-refractivity contribution < 1.29 is 10.2 Å². The van der Waals surface area contributed by atoms with Gasteiger partial charge in [0.2, 0.25) is 0 Å². The van der Waals surface area contributed by atoms with Gasteiger partial charge in [0.15, 0.2) is 11.5 Å². The van der Waals surface area contributed by atoms with Crippen LogP contribution in [0.3, 0.4) is 0 Å². The molecule has 2 aromatic heterocycles. The number of nitrogens with zero attached hydrogens (tertiary/aromatic N) is 7. The first-order valence-electron chi connectivity index (χ1n) is 6.14. The Kier molecular flexibility index (Phi) is 3.18. The Bertz CT molecular complexity index is 763. The van der Waals surface area contributed by atoms with Crippen LogP contribution in [0.25, 0.3) is 21.6 Å². The monoisotopic (exact) mass is 288 g/mol. The number of imidazole rings is 1. The zero-order valence-corrected chi connectivity index (χ0v) is 10.8. The number of rotatable bonds is 3. The van der Waals surface area contributed by atoms with Crippen LogP contribution in [-0.4, -0.2) is 48.5 Å². The lowest BCUT2D eigenvalue weighted by Crippen LogP contribution is -2.29. The Labute approximate surface area is 118 Å². The molecule has 10 heteroatoms. The summed E-state index contributed by atoms with van der Waals surface area (Å²) in [5, 5.41) is 23.6. The molecule has 3 atom stereocenters. The molecule has 4 N–H and O–H groups in total. The third-order valence-electron chi connectivity index (χ3n) is 3.46. The highest BCUT2D eigenvalue weighted by atomic mass is 16.3. The second kappa shape index (κ2) is 5.02. The molecule has 108 valence electrons. The molecule has 0 spiro atoms. The van der Waals surface area contributed by atoms with E-state index in [1.54, 1.807) is 10.6 Å². The van der Waals surface area contributed by atoms with E-state index in [9.17, 15) is 10.2 Å². The first-order chi connectivity index (χ1) is 10.1. The predicted octanol–water partition coefficient (Wildman–Crippen LogP) is -0.0783. The largest absolute Gasteiger partial charge is 0.388 e. The number of hydrogen-bond acceptors (Lipinski definition) is 7. The Morgan fingerprint density at radius 3 is 2.95 bits per heavy atom. The van der Waals surface area contributed by atoms with Gasteiger partial charge in [-0.1, -0.05) is 11.2 Å². The van der Waals surface area contributed by atoms with Crippen LogP contribution in [0.2, 0.25) is 0 Å². The number of aromatic nitrogens is 4. The third kappa shape index (κ3) is 2.07. The van der Waals surface area contributed by atoms with Crippen LogP contribution >= 0.6 is 0 Å². The Balaban J connectivity index is 2.04. The summed E-state index contributed by atoms with van der Waals surface area (Å²) in [5.74, 6) is 0.241.